The average Bonchev–Trinajstić information content (AvgIpc) is 3.28. The van der Waals surface area contributed by atoms with Crippen molar-refractivity contribution in [3.8, 4) is 23.0 Å². The van der Waals surface area contributed by atoms with E-state index < -0.39 is 5.91 Å². The second-order valence-corrected chi connectivity index (χ2v) is 4.87. The highest BCUT2D eigenvalue weighted by molar-refractivity contribution is 6.00. The zero-order valence-corrected chi connectivity index (χ0v) is 13.8. The number of nitrogens with zero attached hydrogens (tertiary/aromatic N) is 2. The summed E-state index contributed by atoms with van der Waals surface area (Å²) in [5.41, 5.74) is 0.651. The van der Waals surface area contributed by atoms with Crippen molar-refractivity contribution in [1.29, 1.82) is 0 Å². The van der Waals surface area contributed by atoms with Crippen LogP contribution in [-0.4, -0.2) is 29.3 Å². The van der Waals surface area contributed by atoms with E-state index in [1.54, 1.807) is 24.3 Å². The van der Waals surface area contributed by atoms with Crippen LogP contribution >= 0.6 is 0 Å². The molecule has 8 nitrogen and oxygen atoms in total. The lowest BCUT2D eigenvalue weighted by Gasteiger charge is -2.11. The van der Waals surface area contributed by atoms with Crippen molar-refractivity contribution < 1.29 is 23.1 Å². The van der Waals surface area contributed by atoms with Crippen LogP contribution in [-0.2, 0) is 0 Å². The number of anilines is 1. The van der Waals surface area contributed by atoms with Crippen LogP contribution in [0.4, 0.5) is 6.01 Å². The number of amides is 1. The summed E-state index contributed by atoms with van der Waals surface area (Å²) >= 11 is 0. The van der Waals surface area contributed by atoms with Gasteiger partial charge in [0, 0.05) is 5.56 Å². The molecule has 0 unspecified atom stereocenters. The molecule has 8 heteroatoms. The van der Waals surface area contributed by atoms with Gasteiger partial charge in [0.05, 0.1) is 19.5 Å². The highest BCUT2D eigenvalue weighted by Crippen LogP contribution is 2.32. The zero-order chi connectivity index (χ0) is 17.6. The molecule has 1 amide bonds. The summed E-state index contributed by atoms with van der Waals surface area (Å²) in [4.78, 5) is 11.9. The van der Waals surface area contributed by atoms with Crippen LogP contribution in [0.3, 0.4) is 0 Å². The van der Waals surface area contributed by atoms with Gasteiger partial charge in [0.15, 0.2) is 17.3 Å². The Morgan fingerprint density at radius 2 is 1.92 bits per heavy atom. The summed E-state index contributed by atoms with van der Waals surface area (Å²) in [5, 5.41) is 10.2. The molecule has 0 spiro atoms. The number of nitrogens with one attached hydrogen (secondary N) is 1. The predicted molar refractivity (Wildman–Crippen MR) is 88.7 cm³/mol. The SMILES string of the molecule is CCOc1ccc(-c2nnc(NC(=O)c3ccco3)o2)cc1OCC. The van der Waals surface area contributed by atoms with Gasteiger partial charge in [-0.1, -0.05) is 5.10 Å². The van der Waals surface area contributed by atoms with Gasteiger partial charge >= 0.3 is 6.01 Å². The Morgan fingerprint density at radius 1 is 1.12 bits per heavy atom. The minimum atomic E-state index is -0.470. The summed E-state index contributed by atoms with van der Waals surface area (Å²) in [5.74, 6) is 1.15. The van der Waals surface area contributed by atoms with E-state index in [1.165, 1.54) is 12.3 Å². The molecule has 130 valence electrons. The summed E-state index contributed by atoms with van der Waals surface area (Å²) in [6, 6.07) is 8.42. The van der Waals surface area contributed by atoms with E-state index in [9.17, 15) is 4.79 Å². The molecule has 0 aliphatic heterocycles. The second-order valence-electron chi connectivity index (χ2n) is 4.87. The third-order valence-electron chi connectivity index (χ3n) is 3.18. The van der Waals surface area contributed by atoms with Crippen LogP contribution in [0, 0.1) is 0 Å². The van der Waals surface area contributed by atoms with E-state index in [4.69, 9.17) is 18.3 Å². The maximum absolute atomic E-state index is 11.9. The molecule has 25 heavy (non-hydrogen) atoms. The summed E-state index contributed by atoms with van der Waals surface area (Å²) in [6.07, 6.45) is 1.41. The first-order valence-corrected chi connectivity index (χ1v) is 7.79. The molecule has 0 aliphatic carbocycles. The van der Waals surface area contributed by atoms with Crippen molar-refractivity contribution in [1.82, 2.24) is 10.2 Å². The minimum absolute atomic E-state index is 0.0248. The Balaban J connectivity index is 1.79. The van der Waals surface area contributed by atoms with Crippen molar-refractivity contribution in [2.75, 3.05) is 18.5 Å². The van der Waals surface area contributed by atoms with Gasteiger partial charge in [-0.15, -0.1) is 5.10 Å². The largest absolute Gasteiger partial charge is 0.490 e. The van der Waals surface area contributed by atoms with Crippen LogP contribution in [0.5, 0.6) is 11.5 Å². The summed E-state index contributed by atoms with van der Waals surface area (Å²) < 4.78 is 21.6. The van der Waals surface area contributed by atoms with Crippen molar-refractivity contribution in [3.05, 3.63) is 42.4 Å². The Morgan fingerprint density at radius 3 is 2.64 bits per heavy atom. The van der Waals surface area contributed by atoms with Crippen LogP contribution < -0.4 is 14.8 Å². The third-order valence-corrected chi connectivity index (χ3v) is 3.18. The number of carbonyl (C=O) groups excluding carboxylic acids is 1. The Hall–Kier alpha value is -3.29. The smallest absolute Gasteiger partial charge is 0.322 e. The van der Waals surface area contributed by atoms with Gasteiger partial charge in [-0.05, 0) is 44.2 Å². The number of benzene rings is 1. The maximum atomic E-state index is 11.9. The van der Waals surface area contributed by atoms with Crippen LogP contribution in [0.2, 0.25) is 0 Å². The molecule has 1 aromatic carbocycles. The summed E-state index contributed by atoms with van der Waals surface area (Å²) in [6.45, 7) is 4.81. The Kier molecular flexibility index (Phi) is 4.98. The average molecular weight is 343 g/mol. The lowest BCUT2D eigenvalue weighted by molar-refractivity contribution is 0.0994. The molecule has 2 aromatic heterocycles. The molecule has 0 bridgehead atoms. The lowest BCUT2D eigenvalue weighted by Crippen LogP contribution is -2.10. The van der Waals surface area contributed by atoms with Crippen LogP contribution in [0.1, 0.15) is 24.4 Å². The number of ether oxygens (including phenoxy) is 2. The van der Waals surface area contributed by atoms with E-state index in [-0.39, 0.29) is 17.7 Å². The van der Waals surface area contributed by atoms with Crippen LogP contribution in [0.15, 0.2) is 45.4 Å². The van der Waals surface area contributed by atoms with Crippen molar-refractivity contribution in [2.24, 2.45) is 0 Å². The third kappa shape index (κ3) is 3.79. The Bertz CT molecular complexity index is 842. The minimum Gasteiger partial charge on any atom is -0.490 e. The number of carbonyl (C=O) groups is 1. The van der Waals surface area contributed by atoms with Gasteiger partial charge in [0.25, 0.3) is 5.91 Å². The molecule has 0 radical (unpaired) electrons. The molecule has 1 N–H and O–H groups in total. The van der Waals surface area contributed by atoms with Crippen molar-refractivity contribution in [3.63, 3.8) is 0 Å². The Labute approximate surface area is 143 Å². The highest BCUT2D eigenvalue weighted by Gasteiger charge is 2.16. The molecule has 0 fully saturated rings. The molecule has 3 aromatic rings. The second kappa shape index (κ2) is 7.52. The fourth-order valence-corrected chi connectivity index (χ4v) is 2.14. The predicted octanol–water partition coefficient (Wildman–Crippen LogP) is 3.38. The van der Waals surface area contributed by atoms with Crippen molar-refractivity contribution >= 4 is 11.9 Å². The normalized spacial score (nSPS) is 10.5. The van der Waals surface area contributed by atoms with E-state index in [2.05, 4.69) is 15.5 Å². The molecular formula is C17H17N3O5. The standard InChI is InChI=1S/C17H17N3O5/c1-3-22-12-8-7-11(10-14(12)23-4-2)16-19-20-17(25-16)18-15(21)13-6-5-9-24-13/h5-10H,3-4H2,1-2H3,(H,18,20,21). The van der Waals surface area contributed by atoms with Gasteiger partial charge in [0.1, 0.15) is 0 Å². The maximum Gasteiger partial charge on any atom is 0.322 e. The van der Waals surface area contributed by atoms with Gasteiger partial charge in [-0.25, -0.2) is 0 Å². The topological polar surface area (TPSA) is 99.6 Å². The molecule has 0 atom stereocenters. The van der Waals surface area contributed by atoms with Crippen LogP contribution in [0.25, 0.3) is 11.5 Å². The van der Waals surface area contributed by atoms with Gasteiger partial charge in [-0.3, -0.25) is 10.1 Å². The number of rotatable bonds is 7. The quantitative estimate of drug-likeness (QED) is 0.702. The van der Waals surface area contributed by atoms with Gasteiger partial charge in [0.2, 0.25) is 5.89 Å². The van der Waals surface area contributed by atoms with E-state index in [0.717, 1.165) is 0 Å². The molecule has 0 saturated heterocycles. The highest BCUT2D eigenvalue weighted by atomic mass is 16.5. The monoisotopic (exact) mass is 343 g/mol. The molecule has 2 heterocycles. The molecule has 0 saturated carbocycles. The van der Waals surface area contributed by atoms with E-state index in [0.29, 0.717) is 30.3 Å². The number of hydrogen-bond acceptors (Lipinski definition) is 7. The van der Waals surface area contributed by atoms with Gasteiger partial charge < -0.3 is 18.3 Å². The number of aromatic nitrogens is 2. The first-order chi connectivity index (χ1) is 12.2. The first-order valence-electron chi connectivity index (χ1n) is 7.79. The van der Waals surface area contributed by atoms with Crippen molar-refractivity contribution in [2.45, 2.75) is 13.8 Å². The summed E-state index contributed by atoms with van der Waals surface area (Å²) in [7, 11) is 0. The number of hydrogen-bond donors (Lipinski definition) is 1. The fourth-order valence-electron chi connectivity index (χ4n) is 2.14. The zero-order valence-electron chi connectivity index (χ0n) is 13.8. The van der Waals surface area contributed by atoms with Gasteiger partial charge in [-0.2, -0.15) is 0 Å². The molecular weight excluding hydrogens is 326 g/mol. The van der Waals surface area contributed by atoms with E-state index in [1.807, 2.05) is 13.8 Å². The fraction of sp³-hybridized carbons (Fsp3) is 0.235. The molecule has 3 rings (SSSR count). The number of furan rings is 1. The molecule has 0 aliphatic rings. The lowest BCUT2D eigenvalue weighted by atomic mass is 10.2. The first kappa shape index (κ1) is 16.6. The van der Waals surface area contributed by atoms with E-state index >= 15 is 0 Å².